The van der Waals surface area contributed by atoms with Crippen LogP contribution in [0.5, 0.6) is 0 Å². The third-order valence-corrected chi connectivity index (χ3v) is 2.30. The molecule has 0 heterocycles. The number of halogens is 1. The van der Waals surface area contributed by atoms with Gasteiger partial charge in [-0.05, 0) is 39.5 Å². The van der Waals surface area contributed by atoms with E-state index in [1.807, 2.05) is 20.0 Å². The molecule has 0 aromatic heterocycles. The Balaban J connectivity index is 2.33. The van der Waals surface area contributed by atoms with Gasteiger partial charge < -0.3 is 10.6 Å². The molecule has 0 aliphatic heterocycles. The molecule has 0 fully saturated rings. The van der Waals surface area contributed by atoms with Crippen molar-refractivity contribution in [1.29, 1.82) is 0 Å². The molecule has 0 radical (unpaired) electrons. The zero-order valence-electron chi connectivity index (χ0n) is 9.44. The van der Waals surface area contributed by atoms with E-state index < -0.39 is 0 Å². The molecule has 2 N–H and O–H groups in total. The van der Waals surface area contributed by atoms with Gasteiger partial charge in [0.05, 0.1) is 0 Å². The lowest BCUT2D eigenvalue weighted by Crippen LogP contribution is -2.19. The number of benzene rings is 1. The summed E-state index contributed by atoms with van der Waals surface area (Å²) in [5, 5.41) is 6.30. The lowest BCUT2D eigenvalue weighted by atomic mass is 10.1. The topological polar surface area (TPSA) is 24.1 Å². The largest absolute Gasteiger partial charge is 0.320 e. The summed E-state index contributed by atoms with van der Waals surface area (Å²) >= 11 is 0. The summed E-state index contributed by atoms with van der Waals surface area (Å²) in [6.45, 7) is 4.48. The van der Waals surface area contributed by atoms with Gasteiger partial charge in [0.2, 0.25) is 0 Å². The van der Waals surface area contributed by atoms with E-state index in [1.165, 1.54) is 6.07 Å². The molecule has 0 amide bonds. The van der Waals surface area contributed by atoms with Gasteiger partial charge in [-0.25, -0.2) is 4.39 Å². The molecule has 0 saturated heterocycles. The molecule has 0 atom stereocenters. The minimum atomic E-state index is -0.123. The maximum Gasteiger partial charge on any atom is 0.127 e. The van der Waals surface area contributed by atoms with Gasteiger partial charge in [0.25, 0.3) is 0 Å². The van der Waals surface area contributed by atoms with Gasteiger partial charge in [-0.2, -0.15) is 0 Å². The van der Waals surface area contributed by atoms with Crippen LogP contribution in [-0.2, 0) is 6.54 Å². The molecule has 0 saturated carbocycles. The quantitative estimate of drug-likeness (QED) is 0.700. The van der Waals surface area contributed by atoms with Gasteiger partial charge in [-0.1, -0.05) is 17.7 Å². The molecular weight excluding hydrogens is 191 g/mol. The summed E-state index contributed by atoms with van der Waals surface area (Å²) in [7, 11) is 1.93. The zero-order chi connectivity index (χ0) is 11.1. The van der Waals surface area contributed by atoms with Crippen molar-refractivity contribution < 1.29 is 4.39 Å². The van der Waals surface area contributed by atoms with E-state index in [9.17, 15) is 4.39 Å². The highest BCUT2D eigenvalue weighted by molar-refractivity contribution is 5.23. The zero-order valence-corrected chi connectivity index (χ0v) is 9.44. The molecule has 84 valence electrons. The lowest BCUT2D eigenvalue weighted by molar-refractivity contribution is 0.576. The van der Waals surface area contributed by atoms with E-state index in [4.69, 9.17) is 0 Å². The van der Waals surface area contributed by atoms with E-state index in [-0.39, 0.29) is 5.82 Å². The van der Waals surface area contributed by atoms with Crippen LogP contribution in [0.3, 0.4) is 0 Å². The fourth-order valence-electron chi connectivity index (χ4n) is 1.45. The van der Waals surface area contributed by atoms with Gasteiger partial charge in [0.15, 0.2) is 0 Å². The predicted molar refractivity (Wildman–Crippen MR) is 61.4 cm³/mol. The molecule has 0 bridgehead atoms. The van der Waals surface area contributed by atoms with E-state index in [1.54, 1.807) is 6.07 Å². The summed E-state index contributed by atoms with van der Waals surface area (Å²) in [5.41, 5.74) is 1.85. The van der Waals surface area contributed by atoms with Crippen LogP contribution in [0.4, 0.5) is 4.39 Å². The van der Waals surface area contributed by atoms with Crippen LogP contribution in [-0.4, -0.2) is 20.1 Å². The molecule has 0 unspecified atom stereocenters. The molecule has 0 spiro atoms. The number of rotatable bonds is 6. The van der Waals surface area contributed by atoms with Crippen LogP contribution < -0.4 is 10.6 Å². The first-order chi connectivity index (χ1) is 7.24. The lowest BCUT2D eigenvalue weighted by Gasteiger charge is -2.06. The maximum absolute atomic E-state index is 13.3. The highest BCUT2D eigenvalue weighted by Crippen LogP contribution is 2.09. The number of hydrogen-bond donors (Lipinski definition) is 2. The van der Waals surface area contributed by atoms with Crippen LogP contribution in [0.1, 0.15) is 17.5 Å². The second kappa shape index (κ2) is 6.53. The van der Waals surface area contributed by atoms with Gasteiger partial charge in [0.1, 0.15) is 5.82 Å². The Kier molecular flexibility index (Phi) is 5.29. The summed E-state index contributed by atoms with van der Waals surface area (Å²) in [6.07, 6.45) is 1.06. The smallest absolute Gasteiger partial charge is 0.127 e. The predicted octanol–water partition coefficient (Wildman–Crippen LogP) is 1.83. The summed E-state index contributed by atoms with van der Waals surface area (Å²) in [6, 6.07) is 5.21. The molecule has 1 aromatic carbocycles. The molecule has 1 rings (SSSR count). The Morgan fingerprint density at radius 1 is 1.27 bits per heavy atom. The van der Waals surface area contributed by atoms with E-state index in [0.717, 1.165) is 30.6 Å². The Morgan fingerprint density at radius 3 is 2.80 bits per heavy atom. The van der Waals surface area contributed by atoms with Crippen LogP contribution in [0, 0.1) is 12.7 Å². The van der Waals surface area contributed by atoms with Gasteiger partial charge in [0, 0.05) is 12.1 Å². The van der Waals surface area contributed by atoms with Crippen molar-refractivity contribution in [2.45, 2.75) is 19.9 Å². The molecule has 15 heavy (non-hydrogen) atoms. The summed E-state index contributed by atoms with van der Waals surface area (Å²) < 4.78 is 13.3. The van der Waals surface area contributed by atoms with Crippen LogP contribution in [0.25, 0.3) is 0 Å². The van der Waals surface area contributed by atoms with E-state index >= 15 is 0 Å². The summed E-state index contributed by atoms with van der Waals surface area (Å²) in [5.74, 6) is -0.123. The van der Waals surface area contributed by atoms with Crippen molar-refractivity contribution in [3.63, 3.8) is 0 Å². The molecule has 0 aliphatic rings. The maximum atomic E-state index is 13.3. The SMILES string of the molecule is CNCCCNCc1cc(C)ccc1F. The van der Waals surface area contributed by atoms with Crippen molar-refractivity contribution >= 4 is 0 Å². The Morgan fingerprint density at radius 2 is 2.07 bits per heavy atom. The first kappa shape index (κ1) is 12.1. The first-order valence-electron chi connectivity index (χ1n) is 5.34. The minimum Gasteiger partial charge on any atom is -0.320 e. The van der Waals surface area contributed by atoms with Crippen molar-refractivity contribution in [2.75, 3.05) is 20.1 Å². The highest BCUT2D eigenvalue weighted by atomic mass is 19.1. The van der Waals surface area contributed by atoms with Crippen LogP contribution >= 0.6 is 0 Å². The second-order valence-electron chi connectivity index (χ2n) is 3.73. The van der Waals surface area contributed by atoms with Crippen LogP contribution in [0.15, 0.2) is 18.2 Å². The van der Waals surface area contributed by atoms with E-state index in [2.05, 4.69) is 10.6 Å². The van der Waals surface area contributed by atoms with Crippen molar-refractivity contribution in [3.05, 3.63) is 35.1 Å². The third kappa shape index (κ3) is 4.40. The highest BCUT2D eigenvalue weighted by Gasteiger charge is 2.00. The summed E-state index contributed by atoms with van der Waals surface area (Å²) in [4.78, 5) is 0. The van der Waals surface area contributed by atoms with Gasteiger partial charge in [-0.15, -0.1) is 0 Å². The monoisotopic (exact) mass is 210 g/mol. The Bertz CT molecular complexity index is 300. The Hall–Kier alpha value is -0.930. The average molecular weight is 210 g/mol. The molecule has 1 aromatic rings. The van der Waals surface area contributed by atoms with Gasteiger partial charge in [-0.3, -0.25) is 0 Å². The molecule has 0 aliphatic carbocycles. The van der Waals surface area contributed by atoms with Crippen LogP contribution in [0.2, 0.25) is 0 Å². The van der Waals surface area contributed by atoms with Crippen molar-refractivity contribution in [1.82, 2.24) is 10.6 Å². The van der Waals surface area contributed by atoms with Crippen molar-refractivity contribution in [3.8, 4) is 0 Å². The fraction of sp³-hybridized carbons (Fsp3) is 0.500. The van der Waals surface area contributed by atoms with Gasteiger partial charge >= 0.3 is 0 Å². The second-order valence-corrected chi connectivity index (χ2v) is 3.73. The first-order valence-corrected chi connectivity index (χ1v) is 5.34. The Labute approximate surface area is 90.9 Å². The molecular formula is C12H19FN2. The number of hydrogen-bond acceptors (Lipinski definition) is 2. The fourth-order valence-corrected chi connectivity index (χ4v) is 1.45. The number of aryl methyl sites for hydroxylation is 1. The molecule has 2 nitrogen and oxygen atoms in total. The number of nitrogens with one attached hydrogen (secondary N) is 2. The third-order valence-electron chi connectivity index (χ3n) is 2.30. The normalized spacial score (nSPS) is 10.6. The average Bonchev–Trinajstić information content (AvgIpc) is 2.23. The van der Waals surface area contributed by atoms with Crippen molar-refractivity contribution in [2.24, 2.45) is 0 Å². The van der Waals surface area contributed by atoms with E-state index in [0.29, 0.717) is 6.54 Å². The molecule has 3 heteroatoms. The standard InChI is InChI=1S/C12H19FN2/c1-10-4-5-12(13)11(8-10)9-15-7-3-6-14-2/h4-5,8,14-15H,3,6-7,9H2,1-2H3. The minimum absolute atomic E-state index is 0.123.